The van der Waals surface area contributed by atoms with Crippen LogP contribution >= 0.6 is 0 Å². The first-order chi connectivity index (χ1) is 16.4. The molecule has 34 heavy (non-hydrogen) atoms. The summed E-state index contributed by atoms with van der Waals surface area (Å²) in [5, 5.41) is 0. The zero-order valence-corrected chi connectivity index (χ0v) is 18.0. The van der Waals surface area contributed by atoms with E-state index in [1.165, 1.54) is 30.3 Å². The summed E-state index contributed by atoms with van der Waals surface area (Å²) in [6.45, 7) is 1.90. The Morgan fingerprint density at radius 2 is 1.38 bits per heavy atom. The summed E-state index contributed by atoms with van der Waals surface area (Å²) < 4.78 is 20.9. The minimum Gasteiger partial charge on any atom is -0.349 e. The molecule has 0 aromatic heterocycles. The van der Waals surface area contributed by atoms with Gasteiger partial charge in [0.05, 0.1) is 23.6 Å². The molecule has 3 unspecified atom stereocenters. The molecule has 1 aliphatic carbocycles. The Kier molecular flexibility index (Phi) is 4.25. The number of imide groups is 1. The molecule has 7 heteroatoms. The number of anilines is 1. The number of rotatable bonds is 2. The van der Waals surface area contributed by atoms with Gasteiger partial charge in [0, 0.05) is 11.1 Å². The van der Waals surface area contributed by atoms with Crippen LogP contribution in [-0.4, -0.2) is 29.0 Å². The predicted molar refractivity (Wildman–Crippen MR) is 119 cm³/mol. The number of ether oxygens (including phenoxy) is 1. The topological polar surface area (TPSA) is 80.8 Å². The second-order valence-corrected chi connectivity index (χ2v) is 8.86. The molecule has 0 N–H and O–H groups in total. The normalized spacial score (nSPS) is 24.8. The van der Waals surface area contributed by atoms with Crippen LogP contribution in [0.1, 0.15) is 37.9 Å². The number of fused-ring (bicyclic) bond motifs is 3. The van der Waals surface area contributed by atoms with Gasteiger partial charge in [-0.1, -0.05) is 66.2 Å². The maximum absolute atomic E-state index is 14.7. The maximum atomic E-state index is 14.7. The van der Waals surface area contributed by atoms with E-state index in [0.717, 1.165) is 16.5 Å². The zero-order chi connectivity index (χ0) is 23.8. The Morgan fingerprint density at radius 3 is 2.00 bits per heavy atom. The summed E-state index contributed by atoms with van der Waals surface area (Å²) >= 11 is 0. The van der Waals surface area contributed by atoms with Crippen LogP contribution in [0.4, 0.5) is 10.1 Å². The Morgan fingerprint density at radius 1 is 0.794 bits per heavy atom. The smallest absolute Gasteiger partial charge is 0.241 e. The largest absolute Gasteiger partial charge is 0.349 e. The Labute approximate surface area is 193 Å². The van der Waals surface area contributed by atoms with Crippen molar-refractivity contribution in [2.24, 2.45) is 11.8 Å². The van der Waals surface area contributed by atoms with Crippen LogP contribution in [-0.2, 0) is 14.3 Å². The summed E-state index contributed by atoms with van der Waals surface area (Å²) in [5.74, 6) is -6.11. The number of benzene rings is 3. The van der Waals surface area contributed by atoms with Crippen LogP contribution in [0.3, 0.4) is 0 Å². The van der Waals surface area contributed by atoms with E-state index in [1.807, 2.05) is 19.1 Å². The molecule has 2 aliphatic heterocycles. The van der Waals surface area contributed by atoms with Crippen molar-refractivity contribution in [2.75, 3.05) is 4.90 Å². The van der Waals surface area contributed by atoms with E-state index in [-0.39, 0.29) is 16.8 Å². The van der Waals surface area contributed by atoms with Crippen molar-refractivity contribution >= 4 is 29.1 Å². The predicted octanol–water partition coefficient (Wildman–Crippen LogP) is 3.83. The zero-order valence-electron chi connectivity index (χ0n) is 18.0. The molecule has 6 nitrogen and oxygen atoms in total. The highest BCUT2D eigenvalue weighted by atomic mass is 19.1. The lowest BCUT2D eigenvalue weighted by Gasteiger charge is -2.27. The van der Waals surface area contributed by atoms with Gasteiger partial charge in [-0.15, -0.1) is 0 Å². The highest BCUT2D eigenvalue weighted by Gasteiger charge is 2.74. The van der Waals surface area contributed by atoms with Crippen LogP contribution in [0.15, 0.2) is 72.8 Å². The molecule has 3 aliphatic rings. The van der Waals surface area contributed by atoms with Crippen molar-refractivity contribution in [1.82, 2.24) is 0 Å². The minimum atomic E-state index is -2.17. The quantitative estimate of drug-likeness (QED) is 0.433. The number of Topliss-reactive ketones (excluding diaryl/α,β-unsaturated/α-hetero) is 2. The van der Waals surface area contributed by atoms with Gasteiger partial charge in [0.2, 0.25) is 29.0 Å². The lowest BCUT2D eigenvalue weighted by molar-refractivity contribution is -0.127. The number of ketones is 2. The highest BCUT2D eigenvalue weighted by Crippen LogP contribution is 2.57. The third-order valence-corrected chi connectivity index (χ3v) is 7.02. The van der Waals surface area contributed by atoms with Gasteiger partial charge in [0.1, 0.15) is 5.82 Å². The average Bonchev–Trinajstić information content (AvgIpc) is 3.40. The maximum Gasteiger partial charge on any atom is 0.241 e. The number of hydrogen-bond donors (Lipinski definition) is 0. The van der Waals surface area contributed by atoms with E-state index in [4.69, 9.17) is 4.74 Å². The average molecular weight is 455 g/mol. The molecule has 2 fully saturated rings. The third-order valence-electron chi connectivity index (χ3n) is 7.02. The molecule has 3 aromatic carbocycles. The summed E-state index contributed by atoms with van der Waals surface area (Å²) in [7, 11) is 0. The second kappa shape index (κ2) is 7.01. The first kappa shape index (κ1) is 20.6. The number of halogens is 1. The van der Waals surface area contributed by atoms with Crippen LogP contribution in [0.25, 0.3) is 0 Å². The first-order valence-corrected chi connectivity index (χ1v) is 10.9. The molecular formula is C27H18FNO5. The van der Waals surface area contributed by atoms with E-state index in [9.17, 15) is 23.6 Å². The molecule has 168 valence electrons. The minimum absolute atomic E-state index is 0.153. The number of carbonyl (C=O) groups is 4. The number of carbonyl (C=O) groups excluding carboxylic acids is 4. The fourth-order valence-electron chi connectivity index (χ4n) is 5.44. The van der Waals surface area contributed by atoms with Crippen LogP contribution in [0.2, 0.25) is 0 Å². The number of hydrogen-bond acceptors (Lipinski definition) is 5. The molecule has 3 aromatic rings. The van der Waals surface area contributed by atoms with Crippen molar-refractivity contribution in [3.05, 3.63) is 101 Å². The van der Waals surface area contributed by atoms with Gasteiger partial charge in [-0.25, -0.2) is 9.29 Å². The highest BCUT2D eigenvalue weighted by molar-refractivity contribution is 6.37. The summed E-state index contributed by atoms with van der Waals surface area (Å²) in [6.07, 6.45) is -1.03. The lowest BCUT2D eigenvalue weighted by atomic mass is 9.77. The third kappa shape index (κ3) is 2.47. The Bertz CT molecular complexity index is 1380. The fourth-order valence-corrected chi connectivity index (χ4v) is 5.44. The number of nitrogens with zero attached hydrogens (tertiary/aromatic N) is 1. The van der Waals surface area contributed by atoms with E-state index in [2.05, 4.69) is 0 Å². The fraction of sp³-hybridized carbons (Fsp3) is 0.185. The van der Waals surface area contributed by atoms with Gasteiger partial charge < -0.3 is 4.74 Å². The van der Waals surface area contributed by atoms with Gasteiger partial charge in [-0.2, -0.15) is 0 Å². The second-order valence-electron chi connectivity index (χ2n) is 8.86. The van der Waals surface area contributed by atoms with Crippen molar-refractivity contribution in [3.8, 4) is 0 Å². The van der Waals surface area contributed by atoms with Crippen LogP contribution in [0, 0.1) is 24.6 Å². The van der Waals surface area contributed by atoms with Gasteiger partial charge in [0.15, 0.2) is 0 Å². The molecule has 0 saturated carbocycles. The molecule has 2 amide bonds. The van der Waals surface area contributed by atoms with E-state index < -0.39 is 52.7 Å². The number of amides is 2. The van der Waals surface area contributed by atoms with Crippen molar-refractivity contribution in [1.29, 1.82) is 0 Å². The van der Waals surface area contributed by atoms with E-state index in [1.54, 1.807) is 24.3 Å². The van der Waals surface area contributed by atoms with Crippen molar-refractivity contribution in [3.63, 3.8) is 0 Å². The van der Waals surface area contributed by atoms with Gasteiger partial charge >= 0.3 is 0 Å². The molecule has 2 saturated heterocycles. The summed E-state index contributed by atoms with van der Waals surface area (Å²) in [5.41, 5.74) is -0.543. The first-order valence-electron chi connectivity index (χ1n) is 10.9. The molecule has 0 bridgehead atoms. The molecule has 2 heterocycles. The van der Waals surface area contributed by atoms with Gasteiger partial charge in [-0.05, 0) is 24.6 Å². The van der Waals surface area contributed by atoms with Crippen LogP contribution in [0.5, 0.6) is 0 Å². The monoisotopic (exact) mass is 455 g/mol. The standard InChI is InChI=1S/C27H18FNO5/c1-14-10-12-15(13-11-14)22-20-21(26(33)29(25(20)32)19-9-5-4-8-18(19)28)27(34-22)23(30)16-6-2-3-7-17(16)24(27)31/h2-13,20-22H,1H3. The number of aryl methyl sites for hydroxylation is 1. The molecular weight excluding hydrogens is 437 g/mol. The molecule has 0 radical (unpaired) electrons. The van der Waals surface area contributed by atoms with Crippen LogP contribution < -0.4 is 4.90 Å². The molecule has 6 rings (SSSR count). The number of para-hydroxylation sites is 1. The SMILES string of the molecule is Cc1ccc(C2OC3(C(=O)c4ccccc4C3=O)C3C(=O)N(c4ccccc4F)C(=O)C23)cc1. The van der Waals surface area contributed by atoms with Gasteiger partial charge in [-0.3, -0.25) is 19.2 Å². The van der Waals surface area contributed by atoms with Crippen molar-refractivity contribution in [2.45, 2.75) is 18.6 Å². The molecule has 3 atom stereocenters. The molecule has 1 spiro atoms. The lowest BCUT2D eigenvalue weighted by Crippen LogP contribution is -2.51. The van der Waals surface area contributed by atoms with Crippen molar-refractivity contribution < 1.29 is 28.3 Å². The summed E-state index contributed by atoms with van der Waals surface area (Å²) in [4.78, 5) is 55.5. The Hall–Kier alpha value is -3.97. The van der Waals surface area contributed by atoms with Gasteiger partial charge in [0.25, 0.3) is 0 Å². The Balaban J connectivity index is 1.56. The summed E-state index contributed by atoms with van der Waals surface area (Å²) in [6, 6.07) is 18.8. The van der Waals surface area contributed by atoms with E-state index >= 15 is 0 Å². The van der Waals surface area contributed by atoms with E-state index in [0.29, 0.717) is 5.56 Å².